The Morgan fingerprint density at radius 1 is 1.31 bits per heavy atom. The minimum absolute atomic E-state index is 0.959. The quantitative estimate of drug-likeness (QED) is 0.738. The van der Waals surface area contributed by atoms with Crippen molar-refractivity contribution in [1.82, 2.24) is 10.2 Å². The molecule has 65 valence electrons. The maximum absolute atomic E-state index is 3.92. The van der Waals surface area contributed by atoms with E-state index in [1.165, 1.54) is 5.56 Å². The Balaban J connectivity index is 2.47. The Labute approximate surface area is 77.6 Å². The fourth-order valence-electron chi connectivity index (χ4n) is 1.37. The van der Waals surface area contributed by atoms with E-state index in [1.54, 1.807) is 0 Å². The van der Waals surface area contributed by atoms with E-state index in [2.05, 4.69) is 35.5 Å². The molecule has 0 aliphatic rings. The number of aromatic nitrogens is 2. The standard InChI is InChI=1S/C11H11N2/c1-2-11-10(8-12-13-11)9-6-4-3-5-7-9/h3-7H,2H2,1H3,(H,12,13). The molecule has 0 saturated carbocycles. The molecule has 1 aromatic carbocycles. The van der Waals surface area contributed by atoms with E-state index in [4.69, 9.17) is 0 Å². The molecule has 2 nitrogen and oxygen atoms in total. The van der Waals surface area contributed by atoms with Crippen LogP contribution < -0.4 is 0 Å². The van der Waals surface area contributed by atoms with Crippen LogP contribution >= 0.6 is 0 Å². The Kier molecular flexibility index (Phi) is 2.13. The van der Waals surface area contributed by atoms with Gasteiger partial charge in [-0.3, -0.25) is 5.10 Å². The van der Waals surface area contributed by atoms with Gasteiger partial charge in [-0.05, 0) is 12.0 Å². The molecule has 2 heteroatoms. The van der Waals surface area contributed by atoms with Gasteiger partial charge in [0.25, 0.3) is 0 Å². The topological polar surface area (TPSA) is 28.7 Å². The van der Waals surface area contributed by atoms with Crippen LogP contribution in [0.2, 0.25) is 0 Å². The number of nitrogens with zero attached hydrogens (tertiary/aromatic N) is 1. The van der Waals surface area contributed by atoms with Gasteiger partial charge in [0.2, 0.25) is 0 Å². The van der Waals surface area contributed by atoms with E-state index in [0.29, 0.717) is 0 Å². The molecule has 1 radical (unpaired) electrons. The van der Waals surface area contributed by atoms with Crippen LogP contribution in [-0.2, 0) is 6.42 Å². The van der Waals surface area contributed by atoms with Gasteiger partial charge in [0.05, 0.1) is 0 Å². The minimum Gasteiger partial charge on any atom is -0.281 e. The Hall–Kier alpha value is -1.57. The predicted octanol–water partition coefficient (Wildman–Crippen LogP) is 2.44. The molecule has 0 aliphatic heterocycles. The third-order valence-electron chi connectivity index (χ3n) is 2.08. The van der Waals surface area contributed by atoms with Crippen molar-refractivity contribution in [1.29, 1.82) is 0 Å². The van der Waals surface area contributed by atoms with E-state index in [0.717, 1.165) is 17.7 Å². The molecule has 0 spiro atoms. The van der Waals surface area contributed by atoms with E-state index in [1.807, 2.05) is 18.2 Å². The van der Waals surface area contributed by atoms with Crippen molar-refractivity contribution in [3.63, 3.8) is 0 Å². The highest BCUT2D eigenvalue weighted by atomic mass is 15.1. The van der Waals surface area contributed by atoms with Gasteiger partial charge in [-0.1, -0.05) is 37.3 Å². The lowest BCUT2D eigenvalue weighted by Crippen LogP contribution is -1.83. The lowest BCUT2D eigenvalue weighted by Gasteiger charge is -1.98. The lowest BCUT2D eigenvalue weighted by atomic mass is 10.1. The second-order valence-electron chi connectivity index (χ2n) is 2.91. The number of H-pyrrole nitrogens is 1. The molecule has 0 bridgehead atoms. The van der Waals surface area contributed by atoms with Gasteiger partial charge in [0.15, 0.2) is 0 Å². The van der Waals surface area contributed by atoms with Gasteiger partial charge in [0, 0.05) is 11.3 Å². The summed E-state index contributed by atoms with van der Waals surface area (Å²) in [6.07, 6.45) is 3.93. The molecule has 1 N–H and O–H groups in total. The summed E-state index contributed by atoms with van der Waals surface area (Å²) in [4.78, 5) is 0. The third-order valence-corrected chi connectivity index (χ3v) is 2.08. The van der Waals surface area contributed by atoms with Crippen LogP contribution in [0.15, 0.2) is 30.3 Å². The van der Waals surface area contributed by atoms with Crippen molar-refractivity contribution >= 4 is 0 Å². The van der Waals surface area contributed by atoms with Crippen molar-refractivity contribution in [2.75, 3.05) is 0 Å². The number of aromatic amines is 1. The van der Waals surface area contributed by atoms with E-state index in [-0.39, 0.29) is 0 Å². The maximum Gasteiger partial charge on any atom is 0.121 e. The summed E-state index contributed by atoms with van der Waals surface area (Å²) in [6.45, 7) is 2.10. The molecule has 0 fully saturated rings. The summed E-state index contributed by atoms with van der Waals surface area (Å²) < 4.78 is 0. The van der Waals surface area contributed by atoms with Crippen molar-refractivity contribution in [2.45, 2.75) is 13.3 Å². The summed E-state index contributed by atoms with van der Waals surface area (Å²) in [5.41, 5.74) is 3.41. The molecule has 13 heavy (non-hydrogen) atoms. The van der Waals surface area contributed by atoms with Crippen molar-refractivity contribution in [2.24, 2.45) is 0 Å². The SMILES string of the molecule is CCc1[nH]n[c]c1-c1ccccc1. The van der Waals surface area contributed by atoms with Gasteiger partial charge in [-0.15, -0.1) is 0 Å². The maximum atomic E-state index is 3.92. The van der Waals surface area contributed by atoms with E-state index < -0.39 is 0 Å². The van der Waals surface area contributed by atoms with E-state index in [9.17, 15) is 0 Å². The number of hydrogen-bond acceptors (Lipinski definition) is 1. The zero-order chi connectivity index (χ0) is 9.10. The van der Waals surface area contributed by atoms with Crippen molar-refractivity contribution in [3.8, 4) is 11.1 Å². The smallest absolute Gasteiger partial charge is 0.121 e. The van der Waals surface area contributed by atoms with Gasteiger partial charge in [0.1, 0.15) is 6.20 Å². The molecule has 1 heterocycles. The summed E-state index contributed by atoms with van der Waals surface area (Å²) in [5, 5.41) is 6.87. The Bertz CT molecular complexity index is 376. The molecular formula is C11H11N2. The molecule has 0 atom stereocenters. The molecule has 1 aromatic heterocycles. The van der Waals surface area contributed by atoms with Gasteiger partial charge in [-0.25, -0.2) is 0 Å². The average Bonchev–Trinajstić information content (AvgIpc) is 2.67. The summed E-state index contributed by atoms with van der Waals surface area (Å²) in [5.74, 6) is 0. The number of hydrogen-bond donors (Lipinski definition) is 1. The molecule has 0 amide bonds. The molecule has 2 aromatic rings. The highest BCUT2D eigenvalue weighted by Gasteiger charge is 2.04. The molecule has 0 unspecified atom stereocenters. The summed E-state index contributed by atoms with van der Waals surface area (Å²) in [7, 11) is 0. The number of aryl methyl sites for hydroxylation is 1. The zero-order valence-corrected chi connectivity index (χ0v) is 7.54. The highest BCUT2D eigenvalue weighted by molar-refractivity contribution is 5.64. The van der Waals surface area contributed by atoms with Crippen molar-refractivity contribution in [3.05, 3.63) is 42.2 Å². The van der Waals surface area contributed by atoms with Crippen LogP contribution in [0.1, 0.15) is 12.6 Å². The molecule has 0 aliphatic carbocycles. The Morgan fingerprint density at radius 3 is 2.77 bits per heavy atom. The second kappa shape index (κ2) is 3.44. The normalized spacial score (nSPS) is 10.2. The number of nitrogens with one attached hydrogen (secondary N) is 1. The molecular weight excluding hydrogens is 160 g/mol. The molecule has 0 saturated heterocycles. The van der Waals surface area contributed by atoms with Crippen molar-refractivity contribution < 1.29 is 0 Å². The van der Waals surface area contributed by atoms with E-state index >= 15 is 0 Å². The van der Waals surface area contributed by atoms with Crippen LogP contribution in [0, 0.1) is 6.20 Å². The summed E-state index contributed by atoms with van der Waals surface area (Å²) >= 11 is 0. The zero-order valence-electron chi connectivity index (χ0n) is 7.54. The van der Waals surface area contributed by atoms with Crippen LogP contribution in [0.3, 0.4) is 0 Å². The van der Waals surface area contributed by atoms with Gasteiger partial charge >= 0.3 is 0 Å². The fraction of sp³-hybridized carbons (Fsp3) is 0.182. The average molecular weight is 171 g/mol. The van der Waals surface area contributed by atoms with Gasteiger partial charge in [-0.2, -0.15) is 5.10 Å². The monoisotopic (exact) mass is 171 g/mol. The largest absolute Gasteiger partial charge is 0.281 e. The van der Waals surface area contributed by atoms with Crippen LogP contribution in [0.4, 0.5) is 0 Å². The van der Waals surface area contributed by atoms with Crippen LogP contribution in [0.5, 0.6) is 0 Å². The third kappa shape index (κ3) is 1.47. The Morgan fingerprint density at radius 2 is 2.08 bits per heavy atom. The first-order chi connectivity index (χ1) is 6.42. The first-order valence-electron chi connectivity index (χ1n) is 4.42. The van der Waals surface area contributed by atoms with Gasteiger partial charge < -0.3 is 0 Å². The van der Waals surface area contributed by atoms with Crippen LogP contribution in [0.25, 0.3) is 11.1 Å². The number of benzene rings is 1. The lowest BCUT2D eigenvalue weighted by molar-refractivity contribution is 0.973. The first kappa shape index (κ1) is 8.05. The predicted molar refractivity (Wildman–Crippen MR) is 52.2 cm³/mol. The van der Waals surface area contributed by atoms with Crippen LogP contribution in [-0.4, -0.2) is 10.2 Å². The molecule has 2 rings (SSSR count). The first-order valence-corrected chi connectivity index (χ1v) is 4.42. The minimum atomic E-state index is 0.959. The second-order valence-corrected chi connectivity index (χ2v) is 2.91. The highest BCUT2D eigenvalue weighted by Crippen LogP contribution is 2.20. The number of rotatable bonds is 2. The summed E-state index contributed by atoms with van der Waals surface area (Å²) in [6, 6.07) is 10.2. The fourth-order valence-corrected chi connectivity index (χ4v) is 1.37.